The smallest absolute Gasteiger partial charge is 0.101 e. The van der Waals surface area contributed by atoms with E-state index in [2.05, 4.69) is 42.3 Å². The van der Waals surface area contributed by atoms with Crippen LogP contribution in [-0.4, -0.2) is 99.7 Å². The fraction of sp³-hybridized carbons (Fsp3) is 0.714. The van der Waals surface area contributed by atoms with E-state index in [1.165, 1.54) is 0 Å². The van der Waals surface area contributed by atoms with Gasteiger partial charge in [-0.2, -0.15) is 0 Å². The van der Waals surface area contributed by atoms with Gasteiger partial charge in [0.25, 0.3) is 0 Å². The Bertz CT molecular complexity index is 297. The number of carbonyl (C=O) groups excluding carboxylic acids is 2. The van der Waals surface area contributed by atoms with Gasteiger partial charge in [0, 0.05) is 0 Å². The standard InChI is InChI=1S/2C5H14NO.C4H4O4/c2*1-6(2,3)4-5-7;5-3(6)1-2-4(7)8/h2*7H,4-5H2,1-3H3;1-2H,(H,5,6)(H,7,8)/q2*+1;/p-2/b;;2-1-. The summed E-state index contributed by atoms with van der Waals surface area (Å²) in [6.45, 7) is 2.23. The third-order valence-electron chi connectivity index (χ3n) is 1.90. The second-order valence-corrected chi connectivity index (χ2v) is 6.45. The molecule has 0 aliphatic rings. The van der Waals surface area contributed by atoms with Gasteiger partial charge in [-0.15, -0.1) is 0 Å². The van der Waals surface area contributed by atoms with Crippen LogP contribution in [0.3, 0.4) is 0 Å². The van der Waals surface area contributed by atoms with E-state index in [0.29, 0.717) is 12.2 Å². The van der Waals surface area contributed by atoms with E-state index in [0.717, 1.165) is 22.1 Å². The van der Waals surface area contributed by atoms with Gasteiger partial charge in [0.1, 0.15) is 13.1 Å². The molecule has 0 aromatic rings. The number of hydrogen-bond acceptors (Lipinski definition) is 6. The molecule has 0 saturated carbocycles. The molecule has 8 heteroatoms. The number of aliphatic hydroxyl groups is 2. The van der Waals surface area contributed by atoms with E-state index in [1.54, 1.807) is 0 Å². The Morgan fingerprint density at radius 2 is 1.00 bits per heavy atom. The topological polar surface area (TPSA) is 121 Å². The fourth-order valence-electron chi connectivity index (χ4n) is 0.736. The number of aliphatic hydroxyl groups excluding tert-OH is 2. The molecule has 132 valence electrons. The molecule has 0 saturated heterocycles. The van der Waals surface area contributed by atoms with Gasteiger partial charge in [-0.1, -0.05) is 0 Å². The molecule has 0 heterocycles. The number of aliphatic carboxylic acids is 2. The zero-order valence-corrected chi connectivity index (χ0v) is 14.4. The molecule has 0 aliphatic carbocycles. The first-order chi connectivity index (χ1) is 9.75. The Kier molecular flexibility index (Phi) is 15.3. The maximum Gasteiger partial charge on any atom is 0.101 e. The van der Waals surface area contributed by atoms with E-state index in [9.17, 15) is 19.8 Å². The minimum atomic E-state index is -1.55. The van der Waals surface area contributed by atoms with Crippen LogP contribution in [-0.2, 0) is 9.59 Å². The molecule has 0 aromatic carbocycles. The third-order valence-corrected chi connectivity index (χ3v) is 1.90. The summed E-state index contributed by atoms with van der Waals surface area (Å²) in [6.07, 6.45) is 0.769. The average Bonchev–Trinajstić information content (AvgIpc) is 2.24. The van der Waals surface area contributed by atoms with Crippen LogP contribution in [0.25, 0.3) is 0 Å². The van der Waals surface area contributed by atoms with Crippen molar-refractivity contribution in [1.29, 1.82) is 0 Å². The van der Waals surface area contributed by atoms with Crippen molar-refractivity contribution in [3.8, 4) is 0 Å². The molecule has 0 aliphatic heterocycles. The van der Waals surface area contributed by atoms with Gasteiger partial charge in [-0.3, -0.25) is 0 Å². The molecule has 0 amide bonds. The van der Waals surface area contributed by atoms with E-state index in [1.807, 2.05) is 0 Å². The highest BCUT2D eigenvalue weighted by molar-refractivity contribution is 5.87. The minimum Gasteiger partial charge on any atom is -0.545 e. The Hall–Kier alpha value is -1.48. The predicted octanol–water partition coefficient (Wildman–Crippen LogP) is -3.59. The molecule has 0 atom stereocenters. The Morgan fingerprint density at radius 1 is 0.773 bits per heavy atom. The molecule has 2 N–H and O–H groups in total. The second kappa shape index (κ2) is 13.2. The highest BCUT2D eigenvalue weighted by Gasteiger charge is 2.02. The van der Waals surface area contributed by atoms with E-state index < -0.39 is 11.9 Å². The molecule has 0 aromatic heterocycles. The molecule has 0 spiro atoms. The van der Waals surface area contributed by atoms with E-state index >= 15 is 0 Å². The number of nitrogens with zero attached hydrogens (tertiary/aromatic N) is 2. The normalized spacial score (nSPS) is 11.1. The summed E-state index contributed by atoms with van der Waals surface area (Å²) in [5.41, 5.74) is 0. The number of quaternary nitrogens is 2. The highest BCUT2D eigenvalue weighted by Crippen LogP contribution is 1.85. The summed E-state index contributed by atoms with van der Waals surface area (Å²) in [5, 5.41) is 35.6. The van der Waals surface area contributed by atoms with Crippen LogP contribution < -0.4 is 10.2 Å². The van der Waals surface area contributed by atoms with E-state index in [4.69, 9.17) is 10.2 Å². The maximum atomic E-state index is 9.41. The van der Waals surface area contributed by atoms with Crippen molar-refractivity contribution in [2.24, 2.45) is 0 Å². The molecular formula is C14H30N2O6. The van der Waals surface area contributed by atoms with Crippen LogP contribution in [0.4, 0.5) is 0 Å². The van der Waals surface area contributed by atoms with Crippen molar-refractivity contribution < 1.29 is 39.0 Å². The summed E-state index contributed by atoms with van der Waals surface area (Å²) in [4.78, 5) is 18.8. The Balaban J connectivity index is -0.000000247. The van der Waals surface area contributed by atoms with Crippen molar-refractivity contribution in [2.45, 2.75) is 0 Å². The van der Waals surface area contributed by atoms with Gasteiger partial charge in [0.05, 0.1) is 67.4 Å². The number of hydrogen-bond donors (Lipinski definition) is 2. The SMILES string of the molecule is C[N+](C)(C)CCO.C[N+](C)(C)CCO.O=C([O-])/C=C\C(=O)[O-]. The monoisotopic (exact) mass is 322 g/mol. The summed E-state index contributed by atoms with van der Waals surface area (Å²) >= 11 is 0. The van der Waals surface area contributed by atoms with Crippen LogP contribution in [0.2, 0.25) is 0 Å². The zero-order valence-electron chi connectivity index (χ0n) is 14.4. The van der Waals surface area contributed by atoms with Gasteiger partial charge in [0.15, 0.2) is 0 Å². The number of carboxylic acid groups (broad SMARTS) is 2. The van der Waals surface area contributed by atoms with Crippen LogP contribution >= 0.6 is 0 Å². The van der Waals surface area contributed by atoms with Gasteiger partial charge < -0.3 is 39.0 Å². The summed E-state index contributed by atoms with van der Waals surface area (Å²) < 4.78 is 1.69. The highest BCUT2D eigenvalue weighted by atomic mass is 16.4. The van der Waals surface area contributed by atoms with Crippen molar-refractivity contribution >= 4 is 11.9 Å². The number of rotatable bonds is 6. The predicted molar refractivity (Wildman–Crippen MR) is 79.1 cm³/mol. The summed E-state index contributed by atoms with van der Waals surface area (Å²) in [6, 6.07) is 0. The Morgan fingerprint density at radius 3 is 1.05 bits per heavy atom. The lowest BCUT2D eigenvalue weighted by Crippen LogP contribution is -2.36. The molecule has 0 bridgehead atoms. The lowest BCUT2D eigenvalue weighted by atomic mass is 10.5. The number of carbonyl (C=O) groups is 2. The summed E-state index contributed by atoms with van der Waals surface area (Å²) in [5.74, 6) is -3.09. The first-order valence-corrected chi connectivity index (χ1v) is 6.68. The summed E-state index contributed by atoms with van der Waals surface area (Å²) in [7, 11) is 12.3. The van der Waals surface area contributed by atoms with Gasteiger partial charge >= 0.3 is 0 Å². The van der Waals surface area contributed by atoms with E-state index in [-0.39, 0.29) is 13.2 Å². The maximum absolute atomic E-state index is 9.41. The van der Waals surface area contributed by atoms with Gasteiger partial charge in [0.2, 0.25) is 0 Å². The molecule has 0 unspecified atom stereocenters. The van der Waals surface area contributed by atoms with Crippen molar-refractivity contribution in [1.82, 2.24) is 0 Å². The van der Waals surface area contributed by atoms with Gasteiger partial charge in [-0.25, -0.2) is 0 Å². The molecule has 22 heavy (non-hydrogen) atoms. The zero-order chi connectivity index (χ0) is 18.4. The van der Waals surface area contributed by atoms with Crippen LogP contribution in [0.1, 0.15) is 0 Å². The van der Waals surface area contributed by atoms with Crippen molar-refractivity contribution in [3.05, 3.63) is 12.2 Å². The first-order valence-electron chi connectivity index (χ1n) is 6.68. The Labute approximate surface area is 132 Å². The average molecular weight is 322 g/mol. The van der Waals surface area contributed by atoms with Gasteiger partial charge in [-0.05, 0) is 12.2 Å². The van der Waals surface area contributed by atoms with Crippen LogP contribution in [0.5, 0.6) is 0 Å². The molecule has 8 nitrogen and oxygen atoms in total. The molecular weight excluding hydrogens is 292 g/mol. The van der Waals surface area contributed by atoms with Crippen LogP contribution in [0, 0.1) is 0 Å². The molecule has 0 radical (unpaired) electrons. The molecule has 0 rings (SSSR count). The second-order valence-electron chi connectivity index (χ2n) is 6.45. The number of carboxylic acids is 2. The number of likely N-dealkylation sites (N-methyl/N-ethyl adjacent to an activating group) is 2. The first kappa shape index (κ1) is 25.5. The third kappa shape index (κ3) is 42.8. The quantitative estimate of drug-likeness (QED) is 0.385. The largest absolute Gasteiger partial charge is 0.545 e. The fourth-order valence-corrected chi connectivity index (χ4v) is 0.736. The van der Waals surface area contributed by atoms with Crippen LogP contribution in [0.15, 0.2) is 12.2 Å². The minimum absolute atomic E-state index is 0.281. The van der Waals surface area contributed by atoms with Crippen molar-refractivity contribution in [3.63, 3.8) is 0 Å². The van der Waals surface area contributed by atoms with Crippen molar-refractivity contribution in [2.75, 3.05) is 68.6 Å². The lowest BCUT2D eigenvalue weighted by Gasteiger charge is -2.21. The lowest BCUT2D eigenvalue weighted by molar-refractivity contribution is -0.870. The molecule has 0 fully saturated rings.